The molecular weight excluding hydrogens is 193 g/mol. The number of halogens is 1. The van der Waals surface area contributed by atoms with Crippen molar-refractivity contribution >= 4 is 0 Å². The number of aliphatic hydroxyl groups excluding tert-OH is 1. The molecule has 0 aromatic heterocycles. The van der Waals surface area contributed by atoms with Gasteiger partial charge in [-0.25, -0.2) is 4.39 Å². The van der Waals surface area contributed by atoms with E-state index in [2.05, 4.69) is 18.7 Å². The van der Waals surface area contributed by atoms with Crippen molar-refractivity contribution in [2.75, 3.05) is 19.7 Å². The monoisotopic (exact) mass is 211 g/mol. The van der Waals surface area contributed by atoms with Crippen molar-refractivity contribution in [2.45, 2.75) is 19.9 Å². The van der Waals surface area contributed by atoms with Crippen LogP contribution in [0.15, 0.2) is 24.3 Å². The maximum Gasteiger partial charge on any atom is 0.123 e. The third kappa shape index (κ3) is 3.01. The van der Waals surface area contributed by atoms with Crippen molar-refractivity contribution in [3.8, 4) is 0 Å². The zero-order chi connectivity index (χ0) is 11.3. The second-order valence-electron chi connectivity index (χ2n) is 3.47. The van der Waals surface area contributed by atoms with Gasteiger partial charge in [0.2, 0.25) is 0 Å². The molecule has 1 unspecified atom stereocenters. The number of likely N-dealkylation sites (N-methyl/N-ethyl adjacent to an activating group) is 1. The highest BCUT2D eigenvalue weighted by Gasteiger charge is 2.16. The molecular formula is C12H18FNO. The Morgan fingerprint density at radius 2 is 1.73 bits per heavy atom. The Balaban J connectivity index is 2.86. The van der Waals surface area contributed by atoms with Gasteiger partial charge in [0.25, 0.3) is 0 Å². The standard InChI is InChI=1S/C12H18FNO/c1-3-14(4-2)12(9-15)10-5-7-11(13)8-6-10/h5-8,12,15H,3-4,9H2,1-2H3. The summed E-state index contributed by atoms with van der Waals surface area (Å²) >= 11 is 0. The smallest absolute Gasteiger partial charge is 0.123 e. The average molecular weight is 211 g/mol. The van der Waals surface area contributed by atoms with Gasteiger partial charge in [0.1, 0.15) is 5.82 Å². The first kappa shape index (κ1) is 12.1. The topological polar surface area (TPSA) is 23.5 Å². The Morgan fingerprint density at radius 3 is 2.13 bits per heavy atom. The fourth-order valence-electron chi connectivity index (χ4n) is 1.78. The summed E-state index contributed by atoms with van der Waals surface area (Å²) in [5.74, 6) is -0.241. The molecule has 0 saturated carbocycles. The molecule has 0 fully saturated rings. The maximum absolute atomic E-state index is 12.7. The van der Waals surface area contributed by atoms with Gasteiger partial charge in [0.05, 0.1) is 12.6 Å². The Labute approximate surface area is 90.3 Å². The van der Waals surface area contributed by atoms with Gasteiger partial charge in [-0.15, -0.1) is 0 Å². The van der Waals surface area contributed by atoms with Crippen molar-refractivity contribution in [2.24, 2.45) is 0 Å². The first-order valence-electron chi connectivity index (χ1n) is 5.33. The summed E-state index contributed by atoms with van der Waals surface area (Å²) in [6, 6.07) is 6.30. The number of hydrogen-bond acceptors (Lipinski definition) is 2. The van der Waals surface area contributed by atoms with Crippen LogP contribution in [-0.2, 0) is 0 Å². The third-order valence-electron chi connectivity index (χ3n) is 2.68. The molecule has 0 aliphatic carbocycles. The zero-order valence-electron chi connectivity index (χ0n) is 9.28. The van der Waals surface area contributed by atoms with Crippen LogP contribution >= 0.6 is 0 Å². The van der Waals surface area contributed by atoms with E-state index in [9.17, 15) is 9.50 Å². The van der Waals surface area contributed by atoms with Gasteiger partial charge in [-0.05, 0) is 30.8 Å². The lowest BCUT2D eigenvalue weighted by Gasteiger charge is -2.28. The molecule has 1 N–H and O–H groups in total. The highest BCUT2D eigenvalue weighted by Crippen LogP contribution is 2.19. The minimum Gasteiger partial charge on any atom is -0.394 e. The van der Waals surface area contributed by atoms with Crippen molar-refractivity contribution in [3.05, 3.63) is 35.6 Å². The fourth-order valence-corrected chi connectivity index (χ4v) is 1.78. The predicted molar refractivity (Wildman–Crippen MR) is 59.1 cm³/mol. The molecule has 0 aliphatic rings. The zero-order valence-corrected chi connectivity index (χ0v) is 9.28. The van der Waals surface area contributed by atoms with Gasteiger partial charge >= 0.3 is 0 Å². The van der Waals surface area contributed by atoms with E-state index in [4.69, 9.17) is 0 Å². The molecule has 15 heavy (non-hydrogen) atoms. The van der Waals surface area contributed by atoms with Crippen molar-refractivity contribution in [1.82, 2.24) is 4.90 Å². The lowest BCUT2D eigenvalue weighted by atomic mass is 10.1. The quantitative estimate of drug-likeness (QED) is 0.807. The van der Waals surface area contributed by atoms with E-state index in [1.54, 1.807) is 12.1 Å². The van der Waals surface area contributed by atoms with Crippen LogP contribution in [0.5, 0.6) is 0 Å². The van der Waals surface area contributed by atoms with E-state index < -0.39 is 0 Å². The van der Waals surface area contributed by atoms with E-state index in [0.717, 1.165) is 18.7 Å². The predicted octanol–water partition coefficient (Wildman–Crippen LogP) is 2.20. The highest BCUT2D eigenvalue weighted by atomic mass is 19.1. The average Bonchev–Trinajstić information content (AvgIpc) is 2.27. The van der Waals surface area contributed by atoms with Gasteiger partial charge in [0, 0.05) is 0 Å². The van der Waals surface area contributed by atoms with Gasteiger partial charge in [-0.3, -0.25) is 4.90 Å². The highest BCUT2D eigenvalue weighted by molar-refractivity contribution is 5.20. The normalized spacial score (nSPS) is 13.1. The summed E-state index contributed by atoms with van der Waals surface area (Å²) in [6.07, 6.45) is 0. The molecule has 2 nitrogen and oxygen atoms in total. The van der Waals surface area contributed by atoms with E-state index in [-0.39, 0.29) is 18.5 Å². The molecule has 0 radical (unpaired) electrons. The minimum atomic E-state index is -0.241. The van der Waals surface area contributed by atoms with Gasteiger partial charge in [-0.2, -0.15) is 0 Å². The van der Waals surface area contributed by atoms with Gasteiger partial charge in [0.15, 0.2) is 0 Å². The van der Waals surface area contributed by atoms with Crippen LogP contribution in [0.4, 0.5) is 4.39 Å². The van der Waals surface area contributed by atoms with E-state index in [1.165, 1.54) is 12.1 Å². The van der Waals surface area contributed by atoms with Gasteiger partial charge in [-0.1, -0.05) is 26.0 Å². The Kier molecular flexibility index (Phi) is 4.72. The Morgan fingerprint density at radius 1 is 1.20 bits per heavy atom. The first-order valence-corrected chi connectivity index (χ1v) is 5.33. The molecule has 3 heteroatoms. The van der Waals surface area contributed by atoms with Gasteiger partial charge < -0.3 is 5.11 Å². The molecule has 1 rings (SSSR count). The van der Waals surface area contributed by atoms with Crippen LogP contribution in [-0.4, -0.2) is 29.7 Å². The second-order valence-corrected chi connectivity index (χ2v) is 3.47. The van der Waals surface area contributed by atoms with E-state index in [1.807, 2.05) is 0 Å². The molecule has 1 aromatic rings. The minimum absolute atomic E-state index is 0.0272. The molecule has 1 atom stereocenters. The molecule has 0 heterocycles. The lowest BCUT2D eigenvalue weighted by Crippen LogP contribution is -2.30. The SMILES string of the molecule is CCN(CC)C(CO)c1ccc(F)cc1. The fraction of sp³-hybridized carbons (Fsp3) is 0.500. The lowest BCUT2D eigenvalue weighted by molar-refractivity contribution is 0.134. The number of benzene rings is 1. The summed E-state index contributed by atoms with van der Waals surface area (Å²) in [5.41, 5.74) is 0.961. The van der Waals surface area contributed by atoms with Crippen LogP contribution in [0.2, 0.25) is 0 Å². The van der Waals surface area contributed by atoms with E-state index in [0.29, 0.717) is 0 Å². The molecule has 1 aromatic carbocycles. The van der Waals surface area contributed by atoms with Crippen molar-refractivity contribution in [1.29, 1.82) is 0 Å². The molecule has 0 spiro atoms. The number of nitrogens with zero attached hydrogens (tertiary/aromatic N) is 1. The molecule has 0 amide bonds. The third-order valence-corrected chi connectivity index (χ3v) is 2.68. The summed E-state index contributed by atoms with van der Waals surface area (Å²) in [5, 5.41) is 9.35. The van der Waals surface area contributed by atoms with E-state index >= 15 is 0 Å². The molecule has 0 aliphatic heterocycles. The maximum atomic E-state index is 12.7. The Bertz CT molecular complexity index is 282. The summed E-state index contributed by atoms with van der Waals surface area (Å²) in [6.45, 7) is 5.91. The van der Waals surface area contributed by atoms with Crippen LogP contribution in [0.25, 0.3) is 0 Å². The van der Waals surface area contributed by atoms with Crippen LogP contribution < -0.4 is 0 Å². The molecule has 0 bridgehead atoms. The summed E-state index contributed by atoms with van der Waals surface area (Å²) in [4.78, 5) is 2.15. The number of hydrogen-bond donors (Lipinski definition) is 1. The largest absolute Gasteiger partial charge is 0.394 e. The molecule has 84 valence electrons. The van der Waals surface area contributed by atoms with Crippen molar-refractivity contribution in [3.63, 3.8) is 0 Å². The van der Waals surface area contributed by atoms with Crippen LogP contribution in [0, 0.1) is 5.82 Å². The number of rotatable bonds is 5. The Hall–Kier alpha value is -0.930. The second kappa shape index (κ2) is 5.83. The summed E-state index contributed by atoms with van der Waals surface area (Å²) in [7, 11) is 0. The molecule has 0 saturated heterocycles. The first-order chi connectivity index (χ1) is 7.22. The summed E-state index contributed by atoms with van der Waals surface area (Å²) < 4.78 is 12.7. The number of aliphatic hydroxyl groups is 1. The van der Waals surface area contributed by atoms with Crippen LogP contribution in [0.3, 0.4) is 0 Å². The van der Waals surface area contributed by atoms with Crippen LogP contribution in [0.1, 0.15) is 25.5 Å². The van der Waals surface area contributed by atoms with Crippen molar-refractivity contribution < 1.29 is 9.50 Å².